The molecule has 1 N–H and O–H groups in total. The fraction of sp³-hybridized carbons (Fsp3) is 0.333. The molecule has 2 amide bonds. The molecule has 1 aliphatic heterocycles. The Morgan fingerprint density at radius 1 is 1.20 bits per heavy atom. The van der Waals surface area contributed by atoms with Gasteiger partial charge in [0.15, 0.2) is 0 Å². The number of carbonyl (C=O) groups is 2. The summed E-state index contributed by atoms with van der Waals surface area (Å²) in [4.78, 5) is 26.3. The van der Waals surface area contributed by atoms with Gasteiger partial charge in [-0.05, 0) is 42.5 Å². The fourth-order valence-corrected chi connectivity index (χ4v) is 4.21. The second-order valence-corrected chi connectivity index (χ2v) is 8.29. The van der Waals surface area contributed by atoms with E-state index < -0.39 is 11.6 Å². The van der Waals surface area contributed by atoms with Crippen LogP contribution in [0.25, 0.3) is 0 Å². The van der Waals surface area contributed by atoms with Crippen molar-refractivity contribution in [2.45, 2.75) is 19.3 Å². The largest absolute Gasteiger partial charge is 0.309 e. The van der Waals surface area contributed by atoms with E-state index in [4.69, 9.17) is 23.2 Å². The molecule has 3 rings (SSSR count). The lowest BCUT2D eigenvalue weighted by atomic mass is 9.90. The van der Waals surface area contributed by atoms with Crippen LogP contribution in [0.5, 0.6) is 0 Å². The van der Waals surface area contributed by atoms with Crippen LogP contribution in [0, 0.1) is 17.6 Å². The first-order chi connectivity index (χ1) is 14.2. The number of hydrazine groups is 1. The number of nitrogens with one attached hydrogen (secondary N) is 1. The fourth-order valence-electron chi connectivity index (χ4n) is 3.52. The Balaban J connectivity index is 1.83. The molecule has 1 saturated heterocycles. The molecule has 2 aromatic carbocycles. The number of rotatable bonds is 5. The van der Waals surface area contributed by atoms with Crippen molar-refractivity contribution in [1.82, 2.24) is 10.4 Å². The average Bonchev–Trinajstić information content (AvgIpc) is 2.65. The molecule has 5 nitrogen and oxygen atoms in total. The van der Waals surface area contributed by atoms with Crippen molar-refractivity contribution in [3.63, 3.8) is 0 Å². The molecule has 30 heavy (non-hydrogen) atoms. The molecule has 0 aliphatic carbocycles. The Bertz CT molecular complexity index is 962. The zero-order valence-electron chi connectivity index (χ0n) is 16.5. The summed E-state index contributed by atoms with van der Waals surface area (Å²) in [5.74, 6) is -1.82. The number of nitrogens with zero attached hydrogens (tertiary/aromatic N) is 2. The summed E-state index contributed by atoms with van der Waals surface area (Å²) in [5, 5.41) is 1.84. The van der Waals surface area contributed by atoms with Gasteiger partial charge in [0, 0.05) is 38.7 Å². The van der Waals surface area contributed by atoms with Gasteiger partial charge in [0.2, 0.25) is 5.91 Å². The summed E-state index contributed by atoms with van der Waals surface area (Å²) in [5.41, 5.74) is 3.58. The third kappa shape index (κ3) is 5.09. The highest BCUT2D eigenvalue weighted by Gasteiger charge is 2.30. The van der Waals surface area contributed by atoms with Gasteiger partial charge >= 0.3 is 0 Å². The first kappa shape index (κ1) is 22.5. The molecule has 0 radical (unpaired) electrons. The van der Waals surface area contributed by atoms with Crippen LogP contribution in [0.2, 0.25) is 10.0 Å². The normalized spacial score (nSPS) is 16.8. The van der Waals surface area contributed by atoms with Crippen molar-refractivity contribution in [1.29, 1.82) is 0 Å². The average molecular weight is 456 g/mol. The maximum absolute atomic E-state index is 14.0. The Hall–Kier alpha value is -2.22. The molecule has 1 heterocycles. The van der Waals surface area contributed by atoms with Gasteiger partial charge in [-0.25, -0.2) is 13.8 Å². The molecule has 0 saturated carbocycles. The Labute approximate surface area is 183 Å². The van der Waals surface area contributed by atoms with Gasteiger partial charge in [0.05, 0.1) is 15.7 Å². The lowest BCUT2D eigenvalue weighted by Crippen LogP contribution is -2.41. The first-order valence-corrected chi connectivity index (χ1v) is 10.1. The minimum Gasteiger partial charge on any atom is -0.309 e. The second-order valence-electron chi connectivity index (χ2n) is 7.47. The van der Waals surface area contributed by atoms with Crippen LogP contribution in [0.1, 0.15) is 28.8 Å². The van der Waals surface area contributed by atoms with E-state index in [1.807, 2.05) is 0 Å². The smallest absolute Gasteiger partial charge is 0.265 e. The third-order valence-electron chi connectivity index (χ3n) is 4.91. The highest BCUT2D eigenvalue weighted by molar-refractivity contribution is 6.40. The van der Waals surface area contributed by atoms with Gasteiger partial charge in [-0.2, -0.15) is 0 Å². The van der Waals surface area contributed by atoms with Crippen LogP contribution < -0.4 is 10.3 Å². The summed E-state index contributed by atoms with van der Waals surface area (Å²) in [6.07, 6.45) is 1.18. The van der Waals surface area contributed by atoms with E-state index in [9.17, 15) is 18.4 Å². The van der Waals surface area contributed by atoms with Gasteiger partial charge in [-0.3, -0.25) is 15.0 Å². The number of halogens is 4. The summed E-state index contributed by atoms with van der Waals surface area (Å²) >= 11 is 12.8. The van der Waals surface area contributed by atoms with Gasteiger partial charge < -0.3 is 4.90 Å². The Morgan fingerprint density at radius 2 is 1.87 bits per heavy atom. The number of carbonyl (C=O) groups excluding carboxylic acids is 2. The monoisotopic (exact) mass is 455 g/mol. The topological polar surface area (TPSA) is 52.7 Å². The van der Waals surface area contributed by atoms with Crippen molar-refractivity contribution in [3.05, 3.63) is 63.1 Å². The van der Waals surface area contributed by atoms with Crippen LogP contribution in [0.15, 0.2) is 30.3 Å². The molecule has 1 fully saturated rings. The van der Waals surface area contributed by atoms with E-state index >= 15 is 0 Å². The number of amides is 2. The third-order valence-corrected chi connectivity index (χ3v) is 5.48. The minimum atomic E-state index is -0.631. The number of piperidine rings is 1. The van der Waals surface area contributed by atoms with E-state index in [1.165, 1.54) is 34.2 Å². The lowest BCUT2D eigenvalue weighted by Gasteiger charge is -2.34. The van der Waals surface area contributed by atoms with E-state index in [-0.39, 0.29) is 39.8 Å². The second kappa shape index (κ2) is 9.29. The summed E-state index contributed by atoms with van der Waals surface area (Å²) in [6.45, 7) is 0.290. The van der Waals surface area contributed by atoms with E-state index in [0.717, 1.165) is 6.07 Å². The maximum atomic E-state index is 14.0. The molecule has 0 spiro atoms. The molecule has 1 atom stereocenters. The maximum Gasteiger partial charge on any atom is 0.265 e. The molecule has 1 aliphatic rings. The van der Waals surface area contributed by atoms with Crippen LogP contribution in [0.3, 0.4) is 0 Å². The Morgan fingerprint density at radius 3 is 2.47 bits per heavy atom. The molecular formula is C21H21Cl2F2N3O2. The van der Waals surface area contributed by atoms with Crippen molar-refractivity contribution in [3.8, 4) is 0 Å². The van der Waals surface area contributed by atoms with Crippen molar-refractivity contribution in [2.75, 3.05) is 25.5 Å². The molecular weight excluding hydrogens is 435 g/mol. The predicted molar refractivity (Wildman–Crippen MR) is 113 cm³/mol. The van der Waals surface area contributed by atoms with Gasteiger partial charge in [-0.15, -0.1) is 0 Å². The summed E-state index contributed by atoms with van der Waals surface area (Å²) in [6, 6.07) is 6.40. The number of hydrogen-bond donors (Lipinski definition) is 1. The number of benzene rings is 2. The molecule has 1 unspecified atom stereocenters. The number of hydrogen-bond acceptors (Lipinski definition) is 3. The van der Waals surface area contributed by atoms with Crippen LogP contribution in [-0.2, 0) is 11.2 Å². The highest BCUT2D eigenvalue weighted by Crippen LogP contribution is 2.38. The van der Waals surface area contributed by atoms with E-state index in [1.54, 1.807) is 14.1 Å². The van der Waals surface area contributed by atoms with E-state index in [2.05, 4.69) is 5.43 Å². The van der Waals surface area contributed by atoms with Crippen LogP contribution >= 0.6 is 23.2 Å². The van der Waals surface area contributed by atoms with Crippen molar-refractivity contribution < 1.29 is 18.4 Å². The first-order valence-electron chi connectivity index (χ1n) is 9.37. The number of anilines is 1. The zero-order valence-corrected chi connectivity index (χ0v) is 18.0. The molecule has 2 aromatic rings. The van der Waals surface area contributed by atoms with Gasteiger partial charge in [-0.1, -0.05) is 29.3 Å². The quantitative estimate of drug-likeness (QED) is 0.676. The zero-order chi connectivity index (χ0) is 22.0. The van der Waals surface area contributed by atoms with Crippen molar-refractivity contribution >= 4 is 40.7 Å². The standard InChI is InChI=1S/C21H21Cl2F2N3O2/c1-27(2)26-21(30)14-8-16(22)20(17(23)9-14)28-11-12(3-6-19(28)29)7-13-4-5-15(24)10-18(13)25/h4-5,8-10,12H,3,6-7,11H2,1-2H3,(H,26,30). The highest BCUT2D eigenvalue weighted by atomic mass is 35.5. The summed E-state index contributed by atoms with van der Waals surface area (Å²) in [7, 11) is 3.35. The predicted octanol–water partition coefficient (Wildman–Crippen LogP) is 4.46. The summed E-state index contributed by atoms with van der Waals surface area (Å²) < 4.78 is 27.2. The van der Waals surface area contributed by atoms with Crippen LogP contribution in [-0.4, -0.2) is 37.5 Å². The molecule has 0 bridgehead atoms. The van der Waals surface area contributed by atoms with Gasteiger partial charge in [0.25, 0.3) is 5.91 Å². The molecule has 0 aromatic heterocycles. The lowest BCUT2D eigenvalue weighted by molar-refractivity contribution is -0.120. The van der Waals surface area contributed by atoms with Crippen molar-refractivity contribution in [2.24, 2.45) is 5.92 Å². The minimum absolute atomic E-state index is 0.0495. The van der Waals surface area contributed by atoms with Crippen LogP contribution in [0.4, 0.5) is 14.5 Å². The van der Waals surface area contributed by atoms with E-state index in [0.29, 0.717) is 30.6 Å². The van der Waals surface area contributed by atoms with Gasteiger partial charge in [0.1, 0.15) is 11.6 Å². The molecule has 160 valence electrons. The SMILES string of the molecule is CN(C)NC(=O)c1cc(Cl)c(N2CC(Cc3ccc(F)cc3F)CCC2=O)c(Cl)c1. The Kier molecular flexibility index (Phi) is 6.95. The molecule has 9 heteroatoms.